The molecule has 0 saturated carbocycles. The van der Waals surface area contributed by atoms with Gasteiger partial charge < -0.3 is 0 Å². The minimum atomic E-state index is 0.755. The fourth-order valence-electron chi connectivity index (χ4n) is 0.763. The van der Waals surface area contributed by atoms with E-state index in [1.54, 1.807) is 0 Å². The number of rotatable bonds is 4. The third kappa shape index (κ3) is 8.53. The Balaban J connectivity index is 2.91. The maximum Gasteiger partial charge on any atom is 0.200 e. The summed E-state index contributed by atoms with van der Waals surface area (Å²) in [4.78, 5) is 0. The van der Waals surface area contributed by atoms with E-state index >= 15 is 0 Å². The van der Waals surface area contributed by atoms with Gasteiger partial charge in [0, 0.05) is 0 Å². The van der Waals surface area contributed by atoms with Crippen LogP contribution in [-0.2, 0) is 0 Å². The molecule has 0 aliphatic heterocycles. The molecule has 9 heavy (non-hydrogen) atoms. The van der Waals surface area contributed by atoms with Crippen LogP contribution in [0.1, 0.15) is 27.7 Å². The molecule has 0 aliphatic carbocycles. The van der Waals surface area contributed by atoms with Gasteiger partial charge in [-0.2, -0.15) is 0 Å². The van der Waals surface area contributed by atoms with E-state index in [0.29, 0.717) is 0 Å². The van der Waals surface area contributed by atoms with Gasteiger partial charge in [0.2, 0.25) is 15.2 Å². The Morgan fingerprint density at radius 3 is 1.44 bits per heavy atom. The van der Waals surface area contributed by atoms with E-state index in [4.69, 9.17) is 0 Å². The highest BCUT2D eigenvalue weighted by Crippen LogP contribution is 2.05. The lowest BCUT2D eigenvalue weighted by Gasteiger charge is -2.03. The lowest BCUT2D eigenvalue weighted by Crippen LogP contribution is -1.99. The quantitative estimate of drug-likeness (QED) is 0.495. The molecule has 0 fully saturated rings. The van der Waals surface area contributed by atoms with Gasteiger partial charge in [-0.15, -0.1) is 10.6 Å². The van der Waals surface area contributed by atoms with Crippen LogP contribution in [0.3, 0.4) is 0 Å². The summed E-state index contributed by atoms with van der Waals surface area (Å²) in [6.07, 6.45) is 0. The van der Waals surface area contributed by atoms with E-state index in [2.05, 4.69) is 27.7 Å². The molecule has 0 rings (SSSR count). The van der Waals surface area contributed by atoms with Gasteiger partial charge in [0.15, 0.2) is 0 Å². The van der Waals surface area contributed by atoms with E-state index in [0.717, 1.165) is 27.1 Å². The lowest BCUT2D eigenvalue weighted by atomic mass is 1.80. The molecule has 0 bridgehead atoms. The van der Waals surface area contributed by atoms with Crippen molar-refractivity contribution in [2.24, 2.45) is 11.8 Å². The van der Waals surface area contributed by atoms with E-state index in [1.165, 1.54) is 10.6 Å². The summed E-state index contributed by atoms with van der Waals surface area (Å²) in [5, 5.41) is 2.97. The SMILES string of the molecule is CC(C)[CH2][2Al][CH2]C(C)C. The molecule has 0 aromatic carbocycles. The predicted molar refractivity (Wildman–Crippen MR) is 45.0 cm³/mol. The van der Waals surface area contributed by atoms with Gasteiger partial charge in [0.05, 0.1) is 0 Å². The van der Waals surface area contributed by atoms with Crippen LogP contribution in [0.5, 0.6) is 0 Å². The second-order valence-electron chi connectivity index (χ2n) is 3.55. The molecule has 0 aromatic heterocycles. The van der Waals surface area contributed by atoms with E-state index in [9.17, 15) is 0 Å². The minimum Gasteiger partial charge on any atom is -0.102 e. The maximum atomic E-state index is 2.31. The first-order valence-electron chi connectivity index (χ1n) is 3.94. The zero-order chi connectivity index (χ0) is 7.28. The second-order valence-corrected chi connectivity index (χ2v) is 5.07. The second kappa shape index (κ2) is 5.33. The molecule has 0 saturated heterocycles. The number of hydrogen-bond donors (Lipinski definition) is 0. The zero-order valence-corrected chi connectivity index (χ0v) is 8.30. The van der Waals surface area contributed by atoms with Crippen LogP contribution in [0.4, 0.5) is 0 Å². The fraction of sp³-hybridized carbons (Fsp3) is 1.00. The lowest BCUT2D eigenvalue weighted by molar-refractivity contribution is 0.700. The highest BCUT2D eigenvalue weighted by Gasteiger charge is 1.98. The summed E-state index contributed by atoms with van der Waals surface area (Å²) >= 11 is 0.755. The molecule has 0 amide bonds. The van der Waals surface area contributed by atoms with E-state index < -0.39 is 0 Å². The largest absolute Gasteiger partial charge is 0.200 e. The van der Waals surface area contributed by atoms with Crippen molar-refractivity contribution in [2.75, 3.05) is 0 Å². The van der Waals surface area contributed by atoms with Crippen LogP contribution in [-0.4, -0.2) is 15.2 Å². The van der Waals surface area contributed by atoms with E-state index in [1.807, 2.05) is 0 Å². The molecule has 0 atom stereocenters. The van der Waals surface area contributed by atoms with Crippen LogP contribution in [0.2, 0.25) is 10.6 Å². The van der Waals surface area contributed by atoms with Crippen molar-refractivity contribution in [3.05, 3.63) is 0 Å². The number of hydrogen-bond acceptors (Lipinski definition) is 0. The molecular formula is C8H18Al. The molecule has 1 heteroatoms. The molecule has 0 spiro atoms. The minimum absolute atomic E-state index is 0.755. The smallest absolute Gasteiger partial charge is 0.102 e. The first kappa shape index (κ1) is 9.53. The third-order valence-corrected chi connectivity index (χ3v) is 3.83. The first-order valence-corrected chi connectivity index (χ1v) is 5.58. The first-order chi connectivity index (χ1) is 4.13. The summed E-state index contributed by atoms with van der Waals surface area (Å²) < 4.78 is 0. The normalized spacial score (nSPS) is 10.9. The zero-order valence-electron chi connectivity index (χ0n) is 7.15. The van der Waals surface area contributed by atoms with Gasteiger partial charge in [-0.25, -0.2) is 0 Å². The molecule has 0 heterocycles. The van der Waals surface area contributed by atoms with Crippen molar-refractivity contribution >= 4 is 15.2 Å². The Hall–Kier alpha value is 0.532. The highest BCUT2D eigenvalue weighted by atomic mass is 13.8. The van der Waals surface area contributed by atoms with Gasteiger partial charge >= 0.3 is 0 Å². The van der Waals surface area contributed by atoms with Crippen LogP contribution in [0.15, 0.2) is 0 Å². The van der Waals surface area contributed by atoms with Crippen LogP contribution in [0.25, 0.3) is 0 Å². The predicted octanol–water partition coefficient (Wildman–Crippen LogP) is 2.84. The van der Waals surface area contributed by atoms with Crippen molar-refractivity contribution in [1.29, 1.82) is 0 Å². The van der Waals surface area contributed by atoms with E-state index in [-0.39, 0.29) is 0 Å². The van der Waals surface area contributed by atoms with Gasteiger partial charge in [-0.05, 0) is 0 Å². The Kier molecular flexibility index (Phi) is 5.64. The van der Waals surface area contributed by atoms with Gasteiger partial charge in [0.1, 0.15) is 0 Å². The van der Waals surface area contributed by atoms with Crippen molar-refractivity contribution < 1.29 is 0 Å². The van der Waals surface area contributed by atoms with Crippen LogP contribution in [0, 0.1) is 11.8 Å². The average Bonchev–Trinajstić information content (AvgIpc) is 1.63. The molecule has 53 valence electrons. The molecule has 0 nitrogen and oxygen atoms in total. The van der Waals surface area contributed by atoms with Gasteiger partial charge in [-0.1, -0.05) is 39.5 Å². The molecule has 0 aromatic rings. The van der Waals surface area contributed by atoms with Crippen molar-refractivity contribution in [3.63, 3.8) is 0 Å². The molecule has 0 unspecified atom stereocenters. The summed E-state index contributed by atoms with van der Waals surface area (Å²) in [7, 11) is 0. The molecular weight excluding hydrogens is 98.1 g/mol. The average molecular weight is 116 g/mol. The summed E-state index contributed by atoms with van der Waals surface area (Å²) in [6.45, 7) is 9.25. The van der Waals surface area contributed by atoms with Crippen molar-refractivity contribution in [3.8, 4) is 0 Å². The van der Waals surface area contributed by atoms with Gasteiger partial charge in [-0.3, -0.25) is 0 Å². The van der Waals surface area contributed by atoms with Crippen LogP contribution < -0.4 is 0 Å². The highest BCUT2D eigenvalue weighted by molar-refractivity contribution is 6.35. The standard InChI is InChI=1S/2C4H9.Al/c2*1-4(2)3;/h2*4H,1H2,2-3H3;/i;;1-25. The van der Waals surface area contributed by atoms with Crippen LogP contribution >= 0.6 is 0 Å². The van der Waals surface area contributed by atoms with Gasteiger partial charge in [0.25, 0.3) is 0 Å². The Morgan fingerprint density at radius 1 is 0.889 bits per heavy atom. The molecule has 1 radical (unpaired) electrons. The Labute approximate surface area is 65.7 Å². The summed E-state index contributed by atoms with van der Waals surface area (Å²) in [5.74, 6) is 1.86. The van der Waals surface area contributed by atoms with Crippen molar-refractivity contribution in [1.82, 2.24) is 0 Å². The Bertz CT molecular complexity index is 49.6. The maximum absolute atomic E-state index is 2.31. The topological polar surface area (TPSA) is 0 Å². The summed E-state index contributed by atoms with van der Waals surface area (Å²) in [6, 6.07) is 0. The Morgan fingerprint density at radius 2 is 1.22 bits per heavy atom. The third-order valence-electron chi connectivity index (χ3n) is 1.28. The monoisotopic (exact) mass is 116 g/mol. The fourth-order valence-corrected chi connectivity index (χ4v) is 2.29. The molecule has 0 N–H and O–H groups in total. The summed E-state index contributed by atoms with van der Waals surface area (Å²) in [5.41, 5.74) is 0. The molecule has 0 aliphatic rings. The van der Waals surface area contributed by atoms with Crippen molar-refractivity contribution in [2.45, 2.75) is 38.3 Å².